The van der Waals surface area contributed by atoms with Crippen molar-refractivity contribution in [3.63, 3.8) is 0 Å². The van der Waals surface area contributed by atoms with Gasteiger partial charge in [-0.15, -0.1) is 11.3 Å². The zero-order valence-corrected chi connectivity index (χ0v) is 14.9. The van der Waals surface area contributed by atoms with Gasteiger partial charge < -0.3 is 10.1 Å². The van der Waals surface area contributed by atoms with Crippen LogP contribution in [0.5, 0.6) is 0 Å². The Bertz CT molecular complexity index is 702. The first kappa shape index (κ1) is 17.0. The van der Waals surface area contributed by atoms with E-state index in [0.29, 0.717) is 10.8 Å². The number of amides is 1. The average molecular weight is 346 g/mol. The lowest BCUT2D eigenvalue weighted by Gasteiger charge is -2.22. The van der Waals surface area contributed by atoms with E-state index in [1.54, 1.807) is 6.92 Å². The van der Waals surface area contributed by atoms with Gasteiger partial charge in [-0.25, -0.2) is 4.79 Å². The summed E-state index contributed by atoms with van der Waals surface area (Å²) in [6.07, 6.45) is 5.06. The Morgan fingerprint density at radius 1 is 1.46 bits per heavy atom. The van der Waals surface area contributed by atoms with Crippen molar-refractivity contribution in [1.29, 1.82) is 5.26 Å². The average Bonchev–Trinajstić information content (AvgIpc) is 3.33. The zero-order chi connectivity index (χ0) is 17.3. The zero-order valence-electron chi connectivity index (χ0n) is 14.1. The summed E-state index contributed by atoms with van der Waals surface area (Å²) >= 11 is 1.47. The highest BCUT2D eigenvalue weighted by Crippen LogP contribution is 2.39. The predicted octanol–water partition coefficient (Wildman–Crippen LogP) is 2.84. The fraction of sp³-hybridized carbons (Fsp3) is 0.611. The maximum Gasteiger partial charge on any atom is 0.348 e. The Kier molecular flexibility index (Phi) is 4.64. The van der Waals surface area contributed by atoms with E-state index in [1.807, 2.05) is 6.07 Å². The minimum Gasteiger partial charge on any atom is -0.451 e. The fourth-order valence-electron chi connectivity index (χ4n) is 3.22. The van der Waals surface area contributed by atoms with Crippen LogP contribution in [0.15, 0.2) is 6.07 Å². The Labute approximate surface area is 146 Å². The highest BCUT2D eigenvalue weighted by atomic mass is 32.1. The van der Waals surface area contributed by atoms with Crippen molar-refractivity contribution < 1.29 is 14.3 Å². The van der Waals surface area contributed by atoms with Crippen LogP contribution in [0.2, 0.25) is 0 Å². The molecule has 0 aliphatic heterocycles. The number of thiophene rings is 1. The van der Waals surface area contributed by atoms with Crippen LogP contribution in [-0.2, 0) is 22.4 Å². The molecule has 1 aromatic rings. The van der Waals surface area contributed by atoms with E-state index in [9.17, 15) is 14.9 Å². The second-order valence-corrected chi connectivity index (χ2v) is 8.26. The molecule has 1 amide bonds. The molecule has 1 fully saturated rings. The quantitative estimate of drug-likeness (QED) is 0.832. The summed E-state index contributed by atoms with van der Waals surface area (Å²) in [6, 6.07) is 4.06. The molecule has 1 heterocycles. The Morgan fingerprint density at radius 2 is 2.21 bits per heavy atom. The van der Waals surface area contributed by atoms with Crippen molar-refractivity contribution in [3.8, 4) is 6.07 Å². The number of aryl methyl sites for hydroxylation is 1. The van der Waals surface area contributed by atoms with Gasteiger partial charge in [-0.05, 0) is 62.5 Å². The summed E-state index contributed by atoms with van der Waals surface area (Å²) in [5.41, 5.74) is 0.378. The minimum absolute atomic E-state index is 0.202. The lowest BCUT2D eigenvalue weighted by Crippen LogP contribution is -2.48. The number of rotatable bonds is 5. The number of fused-ring (bicyclic) bond motifs is 1. The highest BCUT2D eigenvalue weighted by molar-refractivity contribution is 7.14. The highest BCUT2D eigenvalue weighted by Gasteiger charge is 2.43. The maximum absolute atomic E-state index is 12.2. The molecular weight excluding hydrogens is 324 g/mol. The summed E-state index contributed by atoms with van der Waals surface area (Å²) in [5, 5.41) is 11.9. The molecule has 3 rings (SSSR count). The van der Waals surface area contributed by atoms with Gasteiger partial charge in [0.2, 0.25) is 0 Å². The van der Waals surface area contributed by atoms with Gasteiger partial charge in [-0.1, -0.05) is 6.92 Å². The van der Waals surface area contributed by atoms with Crippen LogP contribution in [0.25, 0.3) is 0 Å². The number of esters is 1. The second-order valence-electron chi connectivity index (χ2n) is 7.12. The van der Waals surface area contributed by atoms with Crippen LogP contribution < -0.4 is 5.32 Å². The van der Waals surface area contributed by atoms with Gasteiger partial charge in [-0.3, -0.25) is 4.79 Å². The van der Waals surface area contributed by atoms with Gasteiger partial charge >= 0.3 is 5.97 Å². The second kappa shape index (κ2) is 6.56. The first-order chi connectivity index (χ1) is 11.4. The molecule has 0 bridgehead atoms. The minimum atomic E-state index is -0.859. The molecular formula is C18H22N2O3S. The molecule has 0 saturated heterocycles. The summed E-state index contributed by atoms with van der Waals surface area (Å²) in [4.78, 5) is 26.0. The fourth-order valence-corrected chi connectivity index (χ4v) is 4.32. The molecule has 5 nitrogen and oxygen atoms in total. The third kappa shape index (κ3) is 3.62. The van der Waals surface area contributed by atoms with Crippen LogP contribution in [-0.4, -0.2) is 24.0 Å². The Hall–Kier alpha value is -1.87. The van der Waals surface area contributed by atoms with E-state index < -0.39 is 17.4 Å². The summed E-state index contributed by atoms with van der Waals surface area (Å²) in [7, 11) is 0. The Balaban J connectivity index is 1.54. The molecule has 6 heteroatoms. The topological polar surface area (TPSA) is 79.2 Å². The number of hydrogen-bond acceptors (Lipinski definition) is 5. The third-order valence-corrected chi connectivity index (χ3v) is 6.11. The van der Waals surface area contributed by atoms with E-state index in [-0.39, 0.29) is 12.5 Å². The normalized spacial score (nSPS) is 22.0. The number of nitriles is 1. The van der Waals surface area contributed by atoms with E-state index >= 15 is 0 Å². The van der Waals surface area contributed by atoms with Crippen molar-refractivity contribution in [3.05, 3.63) is 21.4 Å². The number of ether oxygens (including phenoxy) is 1. The van der Waals surface area contributed by atoms with Gasteiger partial charge in [0.05, 0.1) is 6.07 Å². The van der Waals surface area contributed by atoms with Gasteiger partial charge in [0.15, 0.2) is 6.61 Å². The first-order valence-electron chi connectivity index (χ1n) is 8.42. The van der Waals surface area contributed by atoms with Crippen LogP contribution in [0, 0.1) is 23.2 Å². The standard InChI is InChI=1S/C18H22N2O3S/c1-11-3-6-14-12(7-11)8-15(24-14)17(22)23-9-16(21)20-18(2,10-19)13-4-5-13/h8,11,13H,3-7,9H2,1-2H3,(H,20,21)/t11-,18+/m0/s1. The van der Waals surface area contributed by atoms with Gasteiger partial charge in [-0.2, -0.15) is 5.26 Å². The molecule has 2 atom stereocenters. The van der Waals surface area contributed by atoms with Crippen molar-refractivity contribution in [2.75, 3.05) is 6.61 Å². The van der Waals surface area contributed by atoms with Crippen molar-refractivity contribution in [2.45, 2.75) is 51.5 Å². The molecule has 0 aromatic carbocycles. The number of carbonyl (C=O) groups excluding carboxylic acids is 2. The molecule has 0 unspecified atom stereocenters. The molecule has 2 aliphatic carbocycles. The monoisotopic (exact) mass is 346 g/mol. The van der Waals surface area contributed by atoms with E-state index in [4.69, 9.17) is 4.74 Å². The number of nitrogens with zero attached hydrogens (tertiary/aromatic N) is 1. The van der Waals surface area contributed by atoms with Crippen LogP contribution in [0.3, 0.4) is 0 Å². The summed E-state index contributed by atoms with van der Waals surface area (Å²) < 4.78 is 5.14. The summed E-state index contributed by atoms with van der Waals surface area (Å²) in [6.45, 7) is 3.59. The van der Waals surface area contributed by atoms with Crippen molar-refractivity contribution >= 4 is 23.2 Å². The molecule has 1 saturated carbocycles. The van der Waals surface area contributed by atoms with Crippen LogP contribution >= 0.6 is 11.3 Å². The van der Waals surface area contributed by atoms with Crippen LogP contribution in [0.1, 0.15) is 53.2 Å². The molecule has 1 aromatic heterocycles. The lowest BCUT2D eigenvalue weighted by molar-refractivity contribution is -0.125. The molecule has 1 N–H and O–H groups in total. The number of carbonyl (C=O) groups is 2. The third-order valence-electron chi connectivity index (χ3n) is 4.89. The van der Waals surface area contributed by atoms with Gasteiger partial charge in [0.1, 0.15) is 10.4 Å². The van der Waals surface area contributed by atoms with E-state index in [1.165, 1.54) is 21.8 Å². The first-order valence-corrected chi connectivity index (χ1v) is 9.24. The lowest BCUT2D eigenvalue weighted by atomic mass is 9.90. The molecule has 0 radical (unpaired) electrons. The van der Waals surface area contributed by atoms with E-state index in [0.717, 1.165) is 32.1 Å². The number of hydrogen-bond donors (Lipinski definition) is 1. The van der Waals surface area contributed by atoms with Gasteiger partial charge in [0.25, 0.3) is 5.91 Å². The molecule has 0 spiro atoms. The largest absolute Gasteiger partial charge is 0.451 e. The van der Waals surface area contributed by atoms with Crippen molar-refractivity contribution in [1.82, 2.24) is 5.32 Å². The Morgan fingerprint density at radius 3 is 2.88 bits per heavy atom. The maximum atomic E-state index is 12.2. The summed E-state index contributed by atoms with van der Waals surface area (Å²) in [5.74, 6) is -0.0301. The van der Waals surface area contributed by atoms with E-state index in [2.05, 4.69) is 18.3 Å². The van der Waals surface area contributed by atoms with Crippen molar-refractivity contribution in [2.24, 2.45) is 11.8 Å². The van der Waals surface area contributed by atoms with Crippen LogP contribution in [0.4, 0.5) is 0 Å². The SMILES string of the molecule is C[C@H]1CCc2sc(C(=O)OCC(=O)N[C@](C)(C#N)C3CC3)cc2C1. The smallest absolute Gasteiger partial charge is 0.348 e. The molecule has 2 aliphatic rings. The number of nitrogens with one attached hydrogen (secondary N) is 1. The molecule has 24 heavy (non-hydrogen) atoms. The molecule has 128 valence electrons. The van der Waals surface area contributed by atoms with Gasteiger partial charge in [0, 0.05) is 4.88 Å². The predicted molar refractivity (Wildman–Crippen MR) is 90.7 cm³/mol.